The van der Waals surface area contributed by atoms with Gasteiger partial charge in [0.1, 0.15) is 5.69 Å². The van der Waals surface area contributed by atoms with Crippen LogP contribution in [0.25, 0.3) is 44.5 Å². The lowest BCUT2D eigenvalue weighted by atomic mass is 10.1. The SMILES string of the molecule is C=C(CC)Nc1cncc(-c2cnc3[nH]nc(-c4cc5c(N6CCCCC6)cccc5[nH]4)c3c2)c1. The molecular formula is C28H29N7. The average Bonchev–Trinajstić information content (AvgIpc) is 3.53. The molecule has 35 heavy (non-hydrogen) atoms. The minimum Gasteiger partial charge on any atom is -0.371 e. The van der Waals surface area contributed by atoms with Crippen molar-refractivity contribution in [1.82, 2.24) is 25.1 Å². The number of piperidine rings is 1. The third-order valence-corrected chi connectivity index (χ3v) is 6.83. The summed E-state index contributed by atoms with van der Waals surface area (Å²) < 4.78 is 0. The summed E-state index contributed by atoms with van der Waals surface area (Å²) >= 11 is 0. The molecule has 0 unspecified atom stereocenters. The molecule has 1 fully saturated rings. The number of H-pyrrole nitrogens is 2. The molecule has 7 heteroatoms. The van der Waals surface area contributed by atoms with Gasteiger partial charge >= 0.3 is 0 Å². The van der Waals surface area contributed by atoms with Crippen LogP contribution in [0, 0.1) is 0 Å². The second kappa shape index (κ2) is 8.91. The zero-order valence-electron chi connectivity index (χ0n) is 19.9. The molecule has 0 radical (unpaired) electrons. The van der Waals surface area contributed by atoms with Crippen molar-refractivity contribution in [3.63, 3.8) is 0 Å². The molecule has 5 aromatic rings. The van der Waals surface area contributed by atoms with Crippen LogP contribution in [-0.2, 0) is 0 Å². The van der Waals surface area contributed by atoms with E-state index >= 15 is 0 Å². The van der Waals surface area contributed by atoms with Gasteiger partial charge in [-0.2, -0.15) is 5.10 Å². The molecule has 0 aliphatic carbocycles. The lowest BCUT2D eigenvalue weighted by Crippen LogP contribution is -2.29. The first-order valence-corrected chi connectivity index (χ1v) is 12.3. The maximum Gasteiger partial charge on any atom is 0.155 e. The summed E-state index contributed by atoms with van der Waals surface area (Å²) in [6.45, 7) is 8.34. The molecule has 0 bridgehead atoms. The van der Waals surface area contributed by atoms with Gasteiger partial charge in [-0.3, -0.25) is 10.1 Å². The lowest BCUT2D eigenvalue weighted by Gasteiger charge is -2.29. The average molecular weight is 464 g/mol. The van der Waals surface area contributed by atoms with Crippen LogP contribution in [0.15, 0.2) is 67.3 Å². The summed E-state index contributed by atoms with van der Waals surface area (Å²) in [5.74, 6) is 0. The molecule has 7 nitrogen and oxygen atoms in total. The highest BCUT2D eigenvalue weighted by Crippen LogP contribution is 2.35. The van der Waals surface area contributed by atoms with Gasteiger partial charge in [-0.1, -0.05) is 19.6 Å². The summed E-state index contributed by atoms with van der Waals surface area (Å²) in [5.41, 5.74) is 8.91. The number of allylic oxidation sites excluding steroid dienone is 1. The fraction of sp³-hybridized carbons (Fsp3) is 0.250. The van der Waals surface area contributed by atoms with E-state index in [2.05, 4.69) is 85.3 Å². The van der Waals surface area contributed by atoms with E-state index < -0.39 is 0 Å². The minimum atomic E-state index is 0.764. The predicted molar refractivity (Wildman–Crippen MR) is 144 cm³/mol. The van der Waals surface area contributed by atoms with E-state index in [9.17, 15) is 0 Å². The van der Waals surface area contributed by atoms with Crippen LogP contribution in [0.5, 0.6) is 0 Å². The Bertz CT molecular complexity index is 1520. The summed E-state index contributed by atoms with van der Waals surface area (Å²) in [6.07, 6.45) is 10.2. The Kier molecular flexibility index (Phi) is 5.45. The van der Waals surface area contributed by atoms with E-state index in [1.807, 2.05) is 18.6 Å². The lowest BCUT2D eigenvalue weighted by molar-refractivity contribution is 0.579. The van der Waals surface area contributed by atoms with E-state index in [0.717, 1.165) is 70.0 Å². The van der Waals surface area contributed by atoms with Gasteiger partial charge in [0.25, 0.3) is 0 Å². The normalized spacial score (nSPS) is 14.0. The highest BCUT2D eigenvalue weighted by atomic mass is 15.2. The number of nitrogens with one attached hydrogen (secondary N) is 3. The van der Waals surface area contributed by atoms with Crippen molar-refractivity contribution >= 4 is 33.3 Å². The molecule has 1 aliphatic rings. The van der Waals surface area contributed by atoms with Gasteiger partial charge < -0.3 is 15.2 Å². The van der Waals surface area contributed by atoms with Gasteiger partial charge in [0.05, 0.1) is 17.6 Å². The Morgan fingerprint density at radius 3 is 2.74 bits per heavy atom. The highest BCUT2D eigenvalue weighted by Gasteiger charge is 2.18. The van der Waals surface area contributed by atoms with Crippen molar-refractivity contribution in [2.45, 2.75) is 32.6 Å². The van der Waals surface area contributed by atoms with Gasteiger partial charge in [-0.15, -0.1) is 0 Å². The fourth-order valence-corrected chi connectivity index (χ4v) is 4.90. The number of pyridine rings is 2. The Hall–Kier alpha value is -4.13. The number of anilines is 2. The number of fused-ring (bicyclic) bond motifs is 2. The molecule has 0 atom stereocenters. The molecule has 0 saturated carbocycles. The molecule has 1 aliphatic heterocycles. The van der Waals surface area contributed by atoms with Crippen molar-refractivity contribution in [3.05, 3.63) is 67.3 Å². The van der Waals surface area contributed by atoms with E-state index in [0.29, 0.717) is 0 Å². The molecule has 1 aromatic carbocycles. The maximum atomic E-state index is 4.65. The molecule has 1 saturated heterocycles. The highest BCUT2D eigenvalue weighted by molar-refractivity contribution is 6.00. The third kappa shape index (κ3) is 4.03. The van der Waals surface area contributed by atoms with E-state index in [-0.39, 0.29) is 0 Å². The van der Waals surface area contributed by atoms with Crippen LogP contribution in [0.2, 0.25) is 0 Å². The van der Waals surface area contributed by atoms with E-state index in [1.165, 1.54) is 30.3 Å². The van der Waals surface area contributed by atoms with Gasteiger partial charge in [0, 0.05) is 64.3 Å². The smallest absolute Gasteiger partial charge is 0.155 e. The fourth-order valence-electron chi connectivity index (χ4n) is 4.90. The minimum absolute atomic E-state index is 0.764. The molecule has 4 aromatic heterocycles. The first-order valence-electron chi connectivity index (χ1n) is 12.3. The first kappa shape index (κ1) is 21.4. The Morgan fingerprint density at radius 2 is 1.89 bits per heavy atom. The zero-order valence-corrected chi connectivity index (χ0v) is 19.9. The first-order chi connectivity index (χ1) is 17.2. The van der Waals surface area contributed by atoms with Crippen LogP contribution >= 0.6 is 0 Å². The van der Waals surface area contributed by atoms with Crippen LogP contribution in [0.4, 0.5) is 11.4 Å². The number of nitrogens with zero attached hydrogens (tertiary/aromatic N) is 4. The Labute approximate surface area is 204 Å². The van der Waals surface area contributed by atoms with E-state index in [4.69, 9.17) is 0 Å². The van der Waals surface area contributed by atoms with Gasteiger partial charge in [0.15, 0.2) is 5.65 Å². The number of aromatic nitrogens is 5. The number of hydrogen-bond acceptors (Lipinski definition) is 5. The number of aromatic amines is 2. The van der Waals surface area contributed by atoms with Gasteiger partial charge in [-0.05, 0) is 56.0 Å². The number of rotatable bonds is 6. The number of hydrogen-bond donors (Lipinski definition) is 3. The molecule has 6 rings (SSSR count). The van der Waals surface area contributed by atoms with Crippen LogP contribution < -0.4 is 10.2 Å². The summed E-state index contributed by atoms with van der Waals surface area (Å²) in [5, 5.41) is 13.3. The molecule has 176 valence electrons. The molecule has 3 N–H and O–H groups in total. The van der Waals surface area contributed by atoms with Crippen molar-refractivity contribution in [1.29, 1.82) is 0 Å². The van der Waals surface area contributed by atoms with Gasteiger partial charge in [0.2, 0.25) is 0 Å². The predicted octanol–water partition coefficient (Wildman–Crippen LogP) is 6.49. The summed E-state index contributed by atoms with van der Waals surface area (Å²) in [4.78, 5) is 15.2. The van der Waals surface area contributed by atoms with Crippen molar-refractivity contribution in [2.24, 2.45) is 0 Å². The molecular weight excluding hydrogens is 434 g/mol. The van der Waals surface area contributed by atoms with Crippen molar-refractivity contribution in [3.8, 4) is 22.5 Å². The van der Waals surface area contributed by atoms with Crippen molar-refractivity contribution < 1.29 is 0 Å². The standard InChI is InChI=1S/C28H29N7/c1-3-18(2)31-21-12-19(15-29-17-21)20-13-23-27(33-34-28(23)30-16-20)25-14-22-24(32-25)8-7-9-26(22)35-10-5-4-6-11-35/h7-9,12-17,31-32H,2-6,10-11H2,1H3,(H,30,33,34). The van der Waals surface area contributed by atoms with Crippen LogP contribution in [-0.4, -0.2) is 38.2 Å². The van der Waals surface area contributed by atoms with Crippen LogP contribution in [0.1, 0.15) is 32.6 Å². The third-order valence-electron chi connectivity index (χ3n) is 6.83. The summed E-state index contributed by atoms with van der Waals surface area (Å²) in [6, 6.07) is 12.9. The molecule has 5 heterocycles. The topological polar surface area (TPSA) is 85.5 Å². The van der Waals surface area contributed by atoms with Crippen molar-refractivity contribution in [2.75, 3.05) is 23.3 Å². The van der Waals surface area contributed by atoms with Crippen LogP contribution in [0.3, 0.4) is 0 Å². The summed E-state index contributed by atoms with van der Waals surface area (Å²) in [7, 11) is 0. The quantitative estimate of drug-likeness (QED) is 0.268. The monoisotopic (exact) mass is 463 g/mol. The van der Waals surface area contributed by atoms with Gasteiger partial charge in [-0.25, -0.2) is 4.98 Å². The second-order valence-electron chi connectivity index (χ2n) is 9.21. The molecule has 0 spiro atoms. The van der Waals surface area contributed by atoms with E-state index in [1.54, 1.807) is 0 Å². The number of benzene rings is 1. The Morgan fingerprint density at radius 1 is 1.03 bits per heavy atom. The molecule has 0 amide bonds. The maximum absolute atomic E-state index is 4.65. The zero-order chi connectivity index (χ0) is 23.8. The Balaban J connectivity index is 1.39. The largest absolute Gasteiger partial charge is 0.371 e. The second-order valence-corrected chi connectivity index (χ2v) is 9.21.